The van der Waals surface area contributed by atoms with Crippen LogP contribution in [0.1, 0.15) is 11.5 Å². The Morgan fingerprint density at radius 1 is 1.18 bits per heavy atom. The highest BCUT2D eigenvalue weighted by Gasteiger charge is 2.38. The molecule has 0 unspecified atom stereocenters. The van der Waals surface area contributed by atoms with E-state index in [1.165, 1.54) is 6.92 Å². The summed E-state index contributed by atoms with van der Waals surface area (Å²) in [5, 5.41) is 6.42. The van der Waals surface area contributed by atoms with E-state index in [1.807, 2.05) is 0 Å². The minimum Gasteiger partial charge on any atom is -0.450 e. The fourth-order valence-electron chi connectivity index (χ4n) is 2.02. The highest BCUT2D eigenvalue weighted by molar-refractivity contribution is 5.40. The summed E-state index contributed by atoms with van der Waals surface area (Å²) in [5.41, 5.74) is -0.727. The molecule has 0 aliphatic heterocycles. The number of rotatable bonds is 2. The first kappa shape index (κ1) is 14.1. The maximum atomic E-state index is 12.9. The van der Waals surface area contributed by atoms with Crippen molar-refractivity contribution in [3.05, 3.63) is 52.2 Å². The molecule has 0 aliphatic carbocycles. The van der Waals surface area contributed by atoms with Gasteiger partial charge in [-0.15, -0.1) is 10.2 Å². The van der Waals surface area contributed by atoms with E-state index < -0.39 is 17.6 Å². The van der Waals surface area contributed by atoms with Crippen LogP contribution in [0.4, 0.5) is 13.2 Å². The van der Waals surface area contributed by atoms with Crippen LogP contribution < -0.4 is 10.3 Å². The van der Waals surface area contributed by atoms with Gasteiger partial charge >= 0.3 is 6.18 Å². The third kappa shape index (κ3) is 2.30. The summed E-state index contributed by atoms with van der Waals surface area (Å²) in [6.45, 7) is 1.33. The van der Waals surface area contributed by atoms with Gasteiger partial charge in [0.05, 0.1) is 5.69 Å². The van der Waals surface area contributed by atoms with Crippen LogP contribution in [0.2, 0.25) is 0 Å². The first-order valence-corrected chi connectivity index (χ1v) is 6.16. The van der Waals surface area contributed by atoms with Crippen LogP contribution >= 0.6 is 0 Å². The number of benzene rings is 1. The average molecular weight is 310 g/mol. The molecule has 3 rings (SSSR count). The van der Waals surface area contributed by atoms with Gasteiger partial charge in [0.15, 0.2) is 0 Å². The third-order valence-corrected chi connectivity index (χ3v) is 2.98. The summed E-state index contributed by atoms with van der Waals surface area (Å²) < 4.78 is 44.9. The van der Waals surface area contributed by atoms with E-state index in [0.29, 0.717) is 10.2 Å². The van der Waals surface area contributed by atoms with Crippen LogP contribution in [-0.2, 0) is 6.18 Å². The number of para-hydroxylation sites is 1. The molecule has 1 N–H and O–H groups in total. The van der Waals surface area contributed by atoms with E-state index >= 15 is 0 Å². The molecule has 0 saturated carbocycles. The SMILES string of the molecule is Cc1c(Oc2ccccc2)c(=O)[nH]c2nnc(C(F)(F)F)n12. The van der Waals surface area contributed by atoms with Gasteiger partial charge in [-0.25, -0.2) is 0 Å². The van der Waals surface area contributed by atoms with Crippen LogP contribution in [0.15, 0.2) is 35.1 Å². The molecule has 2 aromatic heterocycles. The lowest BCUT2D eigenvalue weighted by atomic mass is 10.3. The van der Waals surface area contributed by atoms with Gasteiger partial charge in [0.25, 0.3) is 5.56 Å². The molecule has 0 radical (unpaired) electrons. The number of aromatic nitrogens is 4. The second kappa shape index (κ2) is 4.86. The summed E-state index contributed by atoms with van der Waals surface area (Å²) in [5.74, 6) is -1.44. The van der Waals surface area contributed by atoms with Crippen molar-refractivity contribution in [2.24, 2.45) is 0 Å². The molecule has 114 valence electrons. The molecule has 1 aromatic carbocycles. The Morgan fingerprint density at radius 3 is 2.50 bits per heavy atom. The zero-order chi connectivity index (χ0) is 15.9. The van der Waals surface area contributed by atoms with E-state index in [4.69, 9.17) is 4.74 Å². The molecule has 0 spiro atoms. The number of ether oxygens (including phenoxy) is 1. The molecule has 0 amide bonds. The molecule has 2 heterocycles. The Hall–Kier alpha value is -2.84. The summed E-state index contributed by atoms with van der Waals surface area (Å²) in [6.07, 6.45) is -4.70. The molecule has 0 fully saturated rings. The zero-order valence-corrected chi connectivity index (χ0v) is 11.2. The van der Waals surface area contributed by atoms with Gasteiger partial charge in [0, 0.05) is 0 Å². The number of fused-ring (bicyclic) bond motifs is 1. The van der Waals surface area contributed by atoms with Crippen molar-refractivity contribution in [3.63, 3.8) is 0 Å². The predicted octanol–water partition coefficient (Wildman–Crippen LogP) is 2.54. The minimum absolute atomic E-state index is 0.0417. The van der Waals surface area contributed by atoms with Crippen LogP contribution in [0.25, 0.3) is 5.78 Å². The molecule has 0 bridgehead atoms. The number of aryl methyl sites for hydroxylation is 1. The summed E-state index contributed by atoms with van der Waals surface area (Å²) >= 11 is 0. The maximum Gasteiger partial charge on any atom is 0.452 e. The highest BCUT2D eigenvalue weighted by atomic mass is 19.4. The molecule has 3 aromatic rings. The number of H-pyrrole nitrogens is 1. The minimum atomic E-state index is -4.70. The van der Waals surface area contributed by atoms with Crippen LogP contribution in [-0.4, -0.2) is 19.6 Å². The van der Waals surface area contributed by atoms with Crippen molar-refractivity contribution in [3.8, 4) is 11.5 Å². The number of nitrogens with zero attached hydrogens (tertiary/aromatic N) is 3. The molecule has 0 atom stereocenters. The molecule has 0 aliphatic rings. The van der Waals surface area contributed by atoms with E-state index in [-0.39, 0.29) is 17.2 Å². The number of alkyl halides is 3. The van der Waals surface area contributed by atoms with Gasteiger partial charge in [0.1, 0.15) is 5.75 Å². The predicted molar refractivity (Wildman–Crippen MR) is 69.9 cm³/mol. The number of aromatic amines is 1. The van der Waals surface area contributed by atoms with Gasteiger partial charge in [0.2, 0.25) is 17.4 Å². The lowest BCUT2D eigenvalue weighted by Crippen LogP contribution is -2.18. The first-order valence-electron chi connectivity index (χ1n) is 6.16. The molecule has 6 nitrogen and oxygen atoms in total. The number of nitrogens with one attached hydrogen (secondary N) is 1. The molecule has 22 heavy (non-hydrogen) atoms. The Balaban J connectivity index is 2.21. The quantitative estimate of drug-likeness (QED) is 0.789. The smallest absolute Gasteiger partial charge is 0.450 e. The van der Waals surface area contributed by atoms with Gasteiger partial charge in [-0.1, -0.05) is 18.2 Å². The molecule has 0 saturated heterocycles. The van der Waals surface area contributed by atoms with Crippen molar-refractivity contribution in [1.82, 2.24) is 19.6 Å². The normalized spacial score (nSPS) is 11.8. The van der Waals surface area contributed by atoms with Crippen molar-refractivity contribution >= 4 is 5.78 Å². The number of hydrogen-bond acceptors (Lipinski definition) is 4. The Kier molecular flexibility index (Phi) is 3.12. The zero-order valence-electron chi connectivity index (χ0n) is 11.2. The molecular weight excluding hydrogens is 301 g/mol. The summed E-state index contributed by atoms with van der Waals surface area (Å²) in [7, 11) is 0. The van der Waals surface area contributed by atoms with Crippen molar-refractivity contribution in [1.29, 1.82) is 0 Å². The average Bonchev–Trinajstić information content (AvgIpc) is 2.88. The van der Waals surface area contributed by atoms with Crippen LogP contribution in [0, 0.1) is 6.92 Å². The van der Waals surface area contributed by atoms with Gasteiger partial charge < -0.3 is 4.74 Å². The number of halogens is 3. The summed E-state index contributed by atoms with van der Waals surface area (Å²) in [6, 6.07) is 8.27. The van der Waals surface area contributed by atoms with E-state index in [9.17, 15) is 18.0 Å². The monoisotopic (exact) mass is 310 g/mol. The van der Waals surface area contributed by atoms with Crippen LogP contribution in [0.3, 0.4) is 0 Å². The van der Waals surface area contributed by atoms with Crippen molar-refractivity contribution in [2.45, 2.75) is 13.1 Å². The molecular formula is C13H9F3N4O2. The fourth-order valence-corrected chi connectivity index (χ4v) is 2.02. The lowest BCUT2D eigenvalue weighted by Gasteiger charge is -2.11. The van der Waals surface area contributed by atoms with Crippen molar-refractivity contribution < 1.29 is 17.9 Å². The Morgan fingerprint density at radius 2 is 1.86 bits per heavy atom. The van der Waals surface area contributed by atoms with Gasteiger partial charge in [-0.2, -0.15) is 13.2 Å². The van der Waals surface area contributed by atoms with Gasteiger partial charge in [-0.05, 0) is 19.1 Å². The Labute approximate surface area is 121 Å². The van der Waals surface area contributed by atoms with Gasteiger partial charge in [-0.3, -0.25) is 14.2 Å². The topological polar surface area (TPSA) is 72.3 Å². The largest absolute Gasteiger partial charge is 0.452 e. The third-order valence-electron chi connectivity index (χ3n) is 2.98. The maximum absolute atomic E-state index is 12.9. The second-order valence-corrected chi connectivity index (χ2v) is 4.46. The van der Waals surface area contributed by atoms with Crippen molar-refractivity contribution in [2.75, 3.05) is 0 Å². The lowest BCUT2D eigenvalue weighted by molar-refractivity contribution is -0.145. The van der Waals surface area contributed by atoms with E-state index in [1.54, 1.807) is 30.3 Å². The van der Waals surface area contributed by atoms with E-state index in [0.717, 1.165) is 0 Å². The Bertz CT molecular complexity index is 884. The standard InChI is InChI=1S/C13H9F3N4O2/c1-7-9(22-8-5-3-2-4-6-8)10(21)17-12-19-18-11(20(7)12)13(14,15)16/h2-6H,1H3,(H,17,19,21). The number of hydrogen-bond donors (Lipinski definition) is 1. The summed E-state index contributed by atoms with van der Waals surface area (Å²) in [4.78, 5) is 14.2. The van der Waals surface area contributed by atoms with E-state index in [2.05, 4.69) is 15.2 Å². The second-order valence-electron chi connectivity index (χ2n) is 4.46. The first-order chi connectivity index (χ1) is 10.4. The highest BCUT2D eigenvalue weighted by Crippen LogP contribution is 2.30. The fraction of sp³-hybridized carbons (Fsp3) is 0.154. The van der Waals surface area contributed by atoms with Crippen LogP contribution in [0.5, 0.6) is 11.5 Å². The molecule has 9 heteroatoms.